The first-order valence-electron chi connectivity index (χ1n) is 6.44. The Labute approximate surface area is 113 Å². The predicted molar refractivity (Wildman–Crippen MR) is 74.0 cm³/mol. The van der Waals surface area contributed by atoms with E-state index in [0.29, 0.717) is 0 Å². The largest absolute Gasteiger partial charge is 0.358 e. The van der Waals surface area contributed by atoms with Gasteiger partial charge in [-0.15, -0.1) is 0 Å². The lowest BCUT2D eigenvalue weighted by Gasteiger charge is -2.22. The number of carbonyl (C=O) groups is 2. The lowest BCUT2D eigenvalue weighted by Crippen LogP contribution is -2.43. The molecule has 1 heterocycles. The first kappa shape index (κ1) is 13.5. The van der Waals surface area contributed by atoms with E-state index in [2.05, 4.69) is 16.7 Å². The smallest absolute Gasteiger partial charge is 0.241 e. The van der Waals surface area contributed by atoms with Crippen LogP contribution in [0.4, 0.5) is 5.69 Å². The molecule has 0 fully saturated rings. The Morgan fingerprint density at radius 3 is 2.79 bits per heavy atom. The summed E-state index contributed by atoms with van der Waals surface area (Å²) in [5.41, 5.74) is 2.19. The number of para-hydroxylation sites is 1. The molecule has 2 N–H and O–H groups in total. The van der Waals surface area contributed by atoms with Crippen molar-refractivity contribution in [1.82, 2.24) is 10.6 Å². The highest BCUT2D eigenvalue weighted by Crippen LogP contribution is 2.31. The fraction of sp³-hybridized carbons (Fsp3) is 0.429. The maximum Gasteiger partial charge on any atom is 0.241 e. The Hall–Kier alpha value is -1.88. The fourth-order valence-electron chi connectivity index (χ4n) is 2.40. The lowest BCUT2D eigenvalue weighted by molar-refractivity contribution is -0.120. The summed E-state index contributed by atoms with van der Waals surface area (Å²) in [6.45, 7) is 2.37. The van der Waals surface area contributed by atoms with Gasteiger partial charge in [-0.2, -0.15) is 0 Å². The number of hydrogen-bond donors (Lipinski definition) is 2. The van der Waals surface area contributed by atoms with E-state index in [9.17, 15) is 9.59 Å². The van der Waals surface area contributed by atoms with Crippen LogP contribution in [0.25, 0.3) is 0 Å². The molecule has 1 aliphatic heterocycles. The molecule has 0 bridgehead atoms. The van der Waals surface area contributed by atoms with Crippen LogP contribution in [0.3, 0.4) is 0 Å². The summed E-state index contributed by atoms with van der Waals surface area (Å²) >= 11 is 0. The number of carbonyl (C=O) groups excluding carboxylic acids is 2. The third-order valence-electron chi connectivity index (χ3n) is 3.32. The molecule has 1 atom stereocenters. The lowest BCUT2D eigenvalue weighted by atomic mass is 10.1. The molecule has 1 aliphatic rings. The van der Waals surface area contributed by atoms with Gasteiger partial charge in [0.2, 0.25) is 11.8 Å². The van der Waals surface area contributed by atoms with Gasteiger partial charge < -0.3 is 10.2 Å². The van der Waals surface area contributed by atoms with Gasteiger partial charge in [-0.25, -0.2) is 0 Å². The SMILES string of the molecule is CNC(=O)CNCC(=O)N1c2ccccc2C[C@@H]1C. The molecule has 0 aromatic heterocycles. The summed E-state index contributed by atoms with van der Waals surface area (Å²) in [7, 11) is 1.57. The summed E-state index contributed by atoms with van der Waals surface area (Å²) in [5, 5.41) is 5.37. The zero-order chi connectivity index (χ0) is 13.8. The van der Waals surface area contributed by atoms with Gasteiger partial charge in [-0.05, 0) is 25.0 Å². The molecule has 5 heteroatoms. The number of likely N-dealkylation sites (N-methyl/N-ethyl adjacent to an activating group) is 1. The van der Waals surface area contributed by atoms with E-state index >= 15 is 0 Å². The molecule has 0 saturated carbocycles. The molecule has 0 saturated heterocycles. The van der Waals surface area contributed by atoms with Crippen molar-refractivity contribution in [2.45, 2.75) is 19.4 Å². The number of fused-ring (bicyclic) bond motifs is 1. The molecule has 1 aromatic rings. The Balaban J connectivity index is 1.98. The third-order valence-corrected chi connectivity index (χ3v) is 3.32. The van der Waals surface area contributed by atoms with Crippen molar-refractivity contribution >= 4 is 17.5 Å². The molecule has 0 spiro atoms. The van der Waals surface area contributed by atoms with Crippen LogP contribution in [-0.4, -0.2) is 38.0 Å². The first-order chi connectivity index (χ1) is 9.13. The average molecular weight is 261 g/mol. The molecular formula is C14H19N3O2. The van der Waals surface area contributed by atoms with Crippen LogP contribution in [0, 0.1) is 0 Å². The van der Waals surface area contributed by atoms with Crippen molar-refractivity contribution in [3.8, 4) is 0 Å². The second kappa shape index (κ2) is 5.84. The minimum Gasteiger partial charge on any atom is -0.358 e. The second-order valence-electron chi connectivity index (χ2n) is 4.72. The van der Waals surface area contributed by atoms with E-state index in [0.717, 1.165) is 12.1 Å². The van der Waals surface area contributed by atoms with E-state index in [1.54, 1.807) is 7.05 Å². The van der Waals surface area contributed by atoms with Gasteiger partial charge >= 0.3 is 0 Å². The maximum atomic E-state index is 12.2. The van der Waals surface area contributed by atoms with Crippen molar-refractivity contribution in [1.29, 1.82) is 0 Å². The Kier molecular flexibility index (Phi) is 4.16. The zero-order valence-corrected chi connectivity index (χ0v) is 11.3. The normalized spacial score (nSPS) is 17.2. The first-order valence-corrected chi connectivity index (χ1v) is 6.44. The van der Waals surface area contributed by atoms with Crippen molar-refractivity contribution < 1.29 is 9.59 Å². The Morgan fingerprint density at radius 2 is 2.05 bits per heavy atom. The topological polar surface area (TPSA) is 61.4 Å². The fourth-order valence-corrected chi connectivity index (χ4v) is 2.40. The molecule has 2 amide bonds. The second-order valence-corrected chi connectivity index (χ2v) is 4.72. The molecule has 102 valence electrons. The van der Waals surface area contributed by atoms with Crippen molar-refractivity contribution in [3.63, 3.8) is 0 Å². The van der Waals surface area contributed by atoms with Gasteiger partial charge in [0.1, 0.15) is 0 Å². The molecule has 19 heavy (non-hydrogen) atoms. The summed E-state index contributed by atoms with van der Waals surface area (Å²) in [6, 6.07) is 8.12. The van der Waals surface area contributed by atoms with Crippen LogP contribution in [0.15, 0.2) is 24.3 Å². The van der Waals surface area contributed by atoms with Gasteiger partial charge in [0.15, 0.2) is 0 Å². The van der Waals surface area contributed by atoms with E-state index in [1.165, 1.54) is 5.56 Å². The van der Waals surface area contributed by atoms with Gasteiger partial charge in [0, 0.05) is 18.8 Å². The number of anilines is 1. The van der Waals surface area contributed by atoms with Gasteiger partial charge in [-0.1, -0.05) is 18.2 Å². The summed E-state index contributed by atoms with van der Waals surface area (Å²) in [6.07, 6.45) is 0.886. The van der Waals surface area contributed by atoms with Crippen LogP contribution in [0.2, 0.25) is 0 Å². The number of nitrogens with zero attached hydrogens (tertiary/aromatic N) is 1. The molecule has 0 aliphatic carbocycles. The van der Waals surface area contributed by atoms with Gasteiger partial charge in [-0.3, -0.25) is 14.9 Å². The maximum absolute atomic E-state index is 12.2. The quantitative estimate of drug-likeness (QED) is 0.819. The number of rotatable bonds is 4. The average Bonchev–Trinajstić information content (AvgIpc) is 2.74. The van der Waals surface area contributed by atoms with Crippen LogP contribution in [0.5, 0.6) is 0 Å². The summed E-state index contributed by atoms with van der Waals surface area (Å²) < 4.78 is 0. The number of benzene rings is 1. The van der Waals surface area contributed by atoms with Crippen LogP contribution >= 0.6 is 0 Å². The van der Waals surface area contributed by atoms with Crippen molar-refractivity contribution in [2.24, 2.45) is 0 Å². The summed E-state index contributed by atoms with van der Waals surface area (Å²) in [4.78, 5) is 25.1. The van der Waals surface area contributed by atoms with Gasteiger partial charge in [0.05, 0.1) is 13.1 Å². The number of hydrogen-bond acceptors (Lipinski definition) is 3. The monoisotopic (exact) mass is 261 g/mol. The highest BCUT2D eigenvalue weighted by molar-refractivity contribution is 5.97. The highest BCUT2D eigenvalue weighted by atomic mass is 16.2. The van der Waals surface area contributed by atoms with E-state index in [4.69, 9.17) is 0 Å². The van der Waals surface area contributed by atoms with Crippen molar-refractivity contribution in [3.05, 3.63) is 29.8 Å². The number of nitrogens with one attached hydrogen (secondary N) is 2. The molecule has 0 unspecified atom stereocenters. The number of amides is 2. The Morgan fingerprint density at radius 1 is 1.32 bits per heavy atom. The molecular weight excluding hydrogens is 242 g/mol. The molecule has 2 rings (SSSR count). The predicted octanol–water partition coefficient (Wildman–Crippen LogP) is 0.300. The highest BCUT2D eigenvalue weighted by Gasteiger charge is 2.29. The Bertz CT molecular complexity index is 487. The van der Waals surface area contributed by atoms with Crippen LogP contribution in [0.1, 0.15) is 12.5 Å². The molecule has 0 radical (unpaired) electrons. The summed E-state index contributed by atoms with van der Waals surface area (Å²) in [5.74, 6) is -0.121. The van der Waals surface area contributed by atoms with Gasteiger partial charge in [0.25, 0.3) is 0 Å². The zero-order valence-electron chi connectivity index (χ0n) is 11.3. The minimum atomic E-state index is -0.123. The molecule has 5 nitrogen and oxygen atoms in total. The van der Waals surface area contributed by atoms with E-state index < -0.39 is 0 Å². The van der Waals surface area contributed by atoms with Crippen molar-refractivity contribution in [2.75, 3.05) is 25.0 Å². The van der Waals surface area contributed by atoms with E-state index in [-0.39, 0.29) is 30.9 Å². The van der Waals surface area contributed by atoms with Crippen LogP contribution < -0.4 is 15.5 Å². The minimum absolute atomic E-state index is 0.00125. The molecule has 1 aromatic carbocycles. The third kappa shape index (κ3) is 2.93. The van der Waals surface area contributed by atoms with Crippen LogP contribution in [-0.2, 0) is 16.0 Å². The standard InChI is InChI=1S/C14H19N3O2/c1-10-7-11-5-3-4-6-12(11)17(10)14(19)9-16-8-13(18)15-2/h3-6,10,16H,7-9H2,1-2H3,(H,15,18)/t10-/m0/s1. The van der Waals surface area contributed by atoms with E-state index in [1.807, 2.05) is 30.0 Å².